The third kappa shape index (κ3) is 1.75. The molecule has 1 aromatic carbocycles. The fourth-order valence-electron chi connectivity index (χ4n) is 1.92. The maximum absolute atomic E-state index is 11.4. The highest BCUT2D eigenvalue weighted by Crippen LogP contribution is 2.26. The van der Waals surface area contributed by atoms with E-state index in [1.807, 2.05) is 38.1 Å². The van der Waals surface area contributed by atoms with Crippen molar-refractivity contribution in [2.75, 3.05) is 0 Å². The third-order valence-corrected chi connectivity index (χ3v) is 3.11. The standard InChI is InChI=1S/C12H16N2O/c1-7-3-5-9(6-4-7)11-10(13)8(2)12(15)14-11/h3-6,8,10-11H,13H2,1-2H3,(H,14,15)/t8-,10-,11+/m0/s1. The molecule has 1 fully saturated rings. The Morgan fingerprint density at radius 2 is 1.87 bits per heavy atom. The summed E-state index contributed by atoms with van der Waals surface area (Å²) in [5, 5.41) is 2.93. The zero-order valence-electron chi connectivity index (χ0n) is 9.03. The molecule has 1 aromatic rings. The van der Waals surface area contributed by atoms with Crippen LogP contribution in [-0.2, 0) is 4.79 Å². The zero-order valence-corrected chi connectivity index (χ0v) is 9.03. The summed E-state index contributed by atoms with van der Waals surface area (Å²) >= 11 is 0. The molecule has 15 heavy (non-hydrogen) atoms. The van der Waals surface area contributed by atoms with E-state index in [1.165, 1.54) is 5.56 Å². The molecule has 0 aliphatic carbocycles. The number of nitrogens with one attached hydrogen (secondary N) is 1. The number of hydrogen-bond acceptors (Lipinski definition) is 2. The molecule has 2 rings (SSSR count). The Bertz CT molecular complexity index is 372. The molecule has 1 aliphatic rings. The molecule has 1 saturated heterocycles. The molecule has 1 amide bonds. The summed E-state index contributed by atoms with van der Waals surface area (Å²) in [5.74, 6) is -0.0515. The van der Waals surface area contributed by atoms with Crippen molar-refractivity contribution >= 4 is 5.91 Å². The van der Waals surface area contributed by atoms with Gasteiger partial charge in [-0.05, 0) is 12.5 Å². The minimum Gasteiger partial charge on any atom is -0.347 e. The molecule has 3 nitrogen and oxygen atoms in total. The third-order valence-electron chi connectivity index (χ3n) is 3.11. The van der Waals surface area contributed by atoms with E-state index in [-0.39, 0.29) is 23.9 Å². The summed E-state index contributed by atoms with van der Waals surface area (Å²) in [6.07, 6.45) is 0. The zero-order chi connectivity index (χ0) is 11.0. The first-order valence-corrected chi connectivity index (χ1v) is 5.22. The average Bonchev–Trinajstić information content (AvgIpc) is 2.47. The summed E-state index contributed by atoms with van der Waals surface area (Å²) in [4.78, 5) is 11.4. The van der Waals surface area contributed by atoms with Crippen molar-refractivity contribution in [3.8, 4) is 0 Å². The van der Waals surface area contributed by atoms with Gasteiger partial charge in [-0.2, -0.15) is 0 Å². The van der Waals surface area contributed by atoms with E-state index in [9.17, 15) is 4.79 Å². The van der Waals surface area contributed by atoms with E-state index in [0.717, 1.165) is 5.56 Å². The van der Waals surface area contributed by atoms with Crippen LogP contribution in [0.5, 0.6) is 0 Å². The highest BCUT2D eigenvalue weighted by Gasteiger charge is 2.37. The van der Waals surface area contributed by atoms with Gasteiger partial charge in [0.25, 0.3) is 0 Å². The molecule has 0 bridgehead atoms. The maximum atomic E-state index is 11.4. The summed E-state index contributed by atoms with van der Waals surface area (Å²) in [6, 6.07) is 7.97. The van der Waals surface area contributed by atoms with Crippen molar-refractivity contribution in [3.05, 3.63) is 35.4 Å². The Kier molecular flexibility index (Phi) is 2.49. The number of carbonyl (C=O) groups is 1. The van der Waals surface area contributed by atoms with Gasteiger partial charge in [-0.15, -0.1) is 0 Å². The van der Waals surface area contributed by atoms with Crippen LogP contribution in [0.25, 0.3) is 0 Å². The van der Waals surface area contributed by atoms with Crippen LogP contribution in [0, 0.1) is 12.8 Å². The predicted octanol–water partition coefficient (Wildman–Crippen LogP) is 1.13. The fourth-order valence-corrected chi connectivity index (χ4v) is 1.92. The molecule has 0 spiro atoms. The fraction of sp³-hybridized carbons (Fsp3) is 0.417. The van der Waals surface area contributed by atoms with Crippen molar-refractivity contribution < 1.29 is 4.79 Å². The lowest BCUT2D eigenvalue weighted by molar-refractivity contribution is -0.122. The van der Waals surface area contributed by atoms with Gasteiger partial charge in [-0.3, -0.25) is 4.79 Å². The van der Waals surface area contributed by atoms with Crippen molar-refractivity contribution in [2.24, 2.45) is 11.7 Å². The van der Waals surface area contributed by atoms with Gasteiger partial charge in [-0.25, -0.2) is 0 Å². The molecule has 1 aliphatic heterocycles. The largest absolute Gasteiger partial charge is 0.347 e. The minimum atomic E-state index is -0.125. The van der Waals surface area contributed by atoms with Crippen LogP contribution < -0.4 is 11.1 Å². The average molecular weight is 204 g/mol. The van der Waals surface area contributed by atoms with Gasteiger partial charge >= 0.3 is 0 Å². The number of amides is 1. The molecule has 3 N–H and O–H groups in total. The van der Waals surface area contributed by atoms with Gasteiger partial charge < -0.3 is 11.1 Å². The smallest absolute Gasteiger partial charge is 0.225 e. The number of rotatable bonds is 1. The van der Waals surface area contributed by atoms with Crippen molar-refractivity contribution in [1.29, 1.82) is 0 Å². The molecule has 3 atom stereocenters. The molecule has 0 unspecified atom stereocenters. The van der Waals surface area contributed by atoms with Gasteiger partial charge in [0.05, 0.1) is 12.0 Å². The Labute approximate surface area is 89.7 Å². The van der Waals surface area contributed by atoms with Crippen LogP contribution in [0.2, 0.25) is 0 Å². The molecule has 0 radical (unpaired) electrons. The topological polar surface area (TPSA) is 55.1 Å². The van der Waals surface area contributed by atoms with E-state index >= 15 is 0 Å². The maximum Gasteiger partial charge on any atom is 0.225 e. The molecule has 0 saturated carbocycles. The van der Waals surface area contributed by atoms with Crippen molar-refractivity contribution in [3.63, 3.8) is 0 Å². The molecular formula is C12H16N2O. The summed E-state index contributed by atoms with van der Waals surface area (Å²) in [5.41, 5.74) is 8.30. The van der Waals surface area contributed by atoms with Crippen LogP contribution in [-0.4, -0.2) is 11.9 Å². The number of nitrogens with two attached hydrogens (primary N) is 1. The second kappa shape index (κ2) is 3.66. The molecule has 0 aromatic heterocycles. The van der Waals surface area contributed by atoms with Gasteiger partial charge in [0, 0.05) is 6.04 Å². The van der Waals surface area contributed by atoms with Crippen LogP contribution >= 0.6 is 0 Å². The highest BCUT2D eigenvalue weighted by molar-refractivity contribution is 5.82. The Morgan fingerprint density at radius 1 is 1.27 bits per heavy atom. The normalized spacial score (nSPS) is 30.3. The van der Waals surface area contributed by atoms with E-state index in [0.29, 0.717) is 0 Å². The lowest BCUT2D eigenvalue weighted by Crippen LogP contribution is -2.31. The monoisotopic (exact) mass is 204 g/mol. The summed E-state index contributed by atoms with van der Waals surface area (Å²) in [7, 11) is 0. The minimum absolute atomic E-state index is 0.0342. The molecule has 3 heteroatoms. The van der Waals surface area contributed by atoms with Gasteiger partial charge in [-0.1, -0.05) is 36.8 Å². The Morgan fingerprint density at radius 3 is 2.33 bits per heavy atom. The Balaban J connectivity index is 2.25. The lowest BCUT2D eigenvalue weighted by Gasteiger charge is -2.16. The molecule has 80 valence electrons. The molecular weight excluding hydrogens is 188 g/mol. The number of hydrogen-bond donors (Lipinski definition) is 2. The summed E-state index contributed by atoms with van der Waals surface area (Å²) in [6.45, 7) is 3.91. The van der Waals surface area contributed by atoms with Crippen molar-refractivity contribution in [1.82, 2.24) is 5.32 Å². The van der Waals surface area contributed by atoms with E-state index < -0.39 is 0 Å². The molecule has 1 heterocycles. The van der Waals surface area contributed by atoms with Crippen molar-refractivity contribution in [2.45, 2.75) is 25.9 Å². The summed E-state index contributed by atoms with van der Waals surface area (Å²) < 4.78 is 0. The van der Waals surface area contributed by atoms with Crippen LogP contribution in [0.15, 0.2) is 24.3 Å². The first kappa shape index (κ1) is 10.2. The van der Waals surface area contributed by atoms with Gasteiger partial charge in [0.2, 0.25) is 5.91 Å². The van der Waals surface area contributed by atoms with Crippen LogP contribution in [0.3, 0.4) is 0 Å². The lowest BCUT2D eigenvalue weighted by atomic mass is 9.95. The first-order valence-electron chi connectivity index (χ1n) is 5.22. The number of carbonyl (C=O) groups excluding carboxylic acids is 1. The second-order valence-electron chi connectivity index (χ2n) is 4.26. The van der Waals surface area contributed by atoms with E-state index in [1.54, 1.807) is 0 Å². The number of benzene rings is 1. The SMILES string of the molecule is Cc1ccc([C@H]2NC(=O)[C@@H](C)[C@@H]2N)cc1. The van der Waals surface area contributed by atoms with Crippen LogP contribution in [0.4, 0.5) is 0 Å². The van der Waals surface area contributed by atoms with E-state index in [4.69, 9.17) is 5.73 Å². The first-order chi connectivity index (χ1) is 7.09. The predicted molar refractivity (Wildman–Crippen MR) is 59.2 cm³/mol. The van der Waals surface area contributed by atoms with E-state index in [2.05, 4.69) is 5.32 Å². The Hall–Kier alpha value is -1.35. The van der Waals surface area contributed by atoms with Gasteiger partial charge in [0.15, 0.2) is 0 Å². The second-order valence-corrected chi connectivity index (χ2v) is 4.26. The van der Waals surface area contributed by atoms with Crippen LogP contribution in [0.1, 0.15) is 24.1 Å². The quantitative estimate of drug-likeness (QED) is 0.720. The van der Waals surface area contributed by atoms with Gasteiger partial charge in [0.1, 0.15) is 0 Å². The number of aryl methyl sites for hydroxylation is 1. The highest BCUT2D eigenvalue weighted by atomic mass is 16.2.